The number of ether oxygens (including phenoxy) is 1. The first-order valence-corrected chi connectivity index (χ1v) is 14.8. The third-order valence-corrected chi connectivity index (χ3v) is 9.37. The largest absolute Gasteiger partial charge is 0.430 e. The van der Waals surface area contributed by atoms with Crippen LogP contribution in [-0.2, 0) is 21.7 Å². The zero-order valence-electron chi connectivity index (χ0n) is 24.4. The second-order valence-corrected chi connectivity index (χ2v) is 11.5. The summed E-state index contributed by atoms with van der Waals surface area (Å²) in [5.74, 6) is -0.863. The third kappa shape index (κ3) is 5.54. The van der Waals surface area contributed by atoms with Gasteiger partial charge in [-0.05, 0) is 55.3 Å². The summed E-state index contributed by atoms with van der Waals surface area (Å²) in [5.41, 5.74) is 0.338. The Balaban J connectivity index is 1.41. The van der Waals surface area contributed by atoms with Crippen molar-refractivity contribution < 1.29 is 22.7 Å². The van der Waals surface area contributed by atoms with Gasteiger partial charge >= 0.3 is 6.18 Å². The van der Waals surface area contributed by atoms with Crippen LogP contribution in [0.15, 0.2) is 84.9 Å². The number of carbonyl (C=O) groups excluding carboxylic acids is 1. The lowest BCUT2D eigenvalue weighted by atomic mass is 9.62. The van der Waals surface area contributed by atoms with Gasteiger partial charge in [-0.1, -0.05) is 78.9 Å². The number of benzene rings is 3. The molecule has 0 aromatic heterocycles. The molecule has 1 amide bonds. The van der Waals surface area contributed by atoms with Gasteiger partial charge in [0.05, 0.1) is 0 Å². The van der Waals surface area contributed by atoms with Crippen LogP contribution in [0, 0.1) is 5.41 Å². The van der Waals surface area contributed by atoms with Gasteiger partial charge in [0, 0.05) is 57.0 Å². The molecule has 1 N–H and O–H groups in total. The van der Waals surface area contributed by atoms with Gasteiger partial charge in [-0.2, -0.15) is 13.2 Å². The summed E-state index contributed by atoms with van der Waals surface area (Å²) in [6.07, 6.45) is -2.73. The number of hydrogen-bond acceptors (Lipinski definition) is 4. The average Bonchev–Trinajstić information content (AvgIpc) is 3.01. The first-order chi connectivity index (χ1) is 20.3. The van der Waals surface area contributed by atoms with E-state index in [1.165, 1.54) is 46.0 Å². The lowest BCUT2D eigenvalue weighted by Crippen LogP contribution is -2.59. The van der Waals surface area contributed by atoms with Gasteiger partial charge in [0.25, 0.3) is 11.5 Å². The van der Waals surface area contributed by atoms with Gasteiger partial charge in [0.1, 0.15) is 0 Å². The van der Waals surface area contributed by atoms with Crippen LogP contribution in [0.4, 0.5) is 18.9 Å². The van der Waals surface area contributed by atoms with E-state index in [-0.39, 0.29) is 30.0 Å². The van der Waals surface area contributed by atoms with Crippen molar-refractivity contribution >= 4 is 11.6 Å². The predicted molar refractivity (Wildman–Crippen MR) is 159 cm³/mol. The van der Waals surface area contributed by atoms with Crippen molar-refractivity contribution in [2.24, 2.45) is 5.41 Å². The van der Waals surface area contributed by atoms with Gasteiger partial charge in [-0.25, -0.2) is 0 Å². The Hall–Kier alpha value is -3.36. The van der Waals surface area contributed by atoms with E-state index in [1.54, 1.807) is 6.07 Å². The fourth-order valence-electron chi connectivity index (χ4n) is 7.03. The topological polar surface area (TPSA) is 44.8 Å². The Kier molecular flexibility index (Phi) is 8.94. The number of amides is 1. The fraction of sp³-hybridized carbons (Fsp3) is 0.441. The number of piperidine rings is 2. The van der Waals surface area contributed by atoms with Crippen LogP contribution >= 0.6 is 0 Å². The Morgan fingerprint density at radius 3 is 2.19 bits per heavy atom. The van der Waals surface area contributed by atoms with Gasteiger partial charge in [0.2, 0.25) is 0 Å². The molecule has 0 bridgehead atoms. The van der Waals surface area contributed by atoms with Crippen LogP contribution in [-0.4, -0.2) is 56.8 Å². The maximum atomic E-state index is 14.6. The average molecular weight is 580 g/mol. The number of nitrogens with one attached hydrogen (secondary N) is 1. The molecule has 2 aliphatic rings. The van der Waals surface area contributed by atoms with Crippen molar-refractivity contribution in [1.29, 1.82) is 0 Å². The van der Waals surface area contributed by atoms with Gasteiger partial charge in [-0.3, -0.25) is 4.79 Å². The van der Waals surface area contributed by atoms with Crippen molar-refractivity contribution in [3.8, 4) is 0 Å². The highest BCUT2D eigenvalue weighted by Crippen LogP contribution is 2.51. The molecule has 2 atom stereocenters. The molecule has 2 saturated heterocycles. The van der Waals surface area contributed by atoms with E-state index >= 15 is 0 Å². The molecule has 0 radical (unpaired) electrons. The summed E-state index contributed by atoms with van der Waals surface area (Å²) in [6, 6.07) is 26.2. The smallest absolute Gasteiger partial charge is 0.367 e. The van der Waals surface area contributed by atoms with E-state index in [9.17, 15) is 18.0 Å². The van der Waals surface area contributed by atoms with Crippen molar-refractivity contribution in [2.75, 3.05) is 44.7 Å². The molecule has 2 aliphatic heterocycles. The minimum Gasteiger partial charge on any atom is -0.367 e. The van der Waals surface area contributed by atoms with E-state index < -0.39 is 17.7 Å². The van der Waals surface area contributed by atoms with Crippen molar-refractivity contribution in [1.82, 2.24) is 10.2 Å². The van der Waals surface area contributed by atoms with Crippen LogP contribution in [0.5, 0.6) is 0 Å². The molecule has 8 heteroatoms. The van der Waals surface area contributed by atoms with E-state index in [0.29, 0.717) is 12.8 Å². The second-order valence-electron chi connectivity index (χ2n) is 11.5. The lowest BCUT2D eigenvalue weighted by Gasteiger charge is -2.51. The summed E-state index contributed by atoms with van der Waals surface area (Å²) < 4.78 is 49.0. The van der Waals surface area contributed by atoms with Gasteiger partial charge in [-0.15, -0.1) is 0 Å². The highest BCUT2D eigenvalue weighted by Gasteiger charge is 2.64. The van der Waals surface area contributed by atoms with E-state index in [2.05, 4.69) is 65.7 Å². The number of hydrogen-bond donors (Lipinski definition) is 1. The lowest BCUT2D eigenvalue weighted by molar-refractivity contribution is -0.271. The molecule has 224 valence electrons. The molecule has 42 heavy (non-hydrogen) atoms. The zero-order valence-corrected chi connectivity index (χ0v) is 24.4. The van der Waals surface area contributed by atoms with Crippen molar-refractivity contribution in [2.45, 2.75) is 50.4 Å². The molecule has 5 nitrogen and oxygen atoms in total. The number of likely N-dealkylation sites (tertiary alicyclic amines) is 1. The number of nitrogens with zero attached hydrogens (tertiary/aromatic N) is 2. The van der Waals surface area contributed by atoms with Crippen molar-refractivity contribution in [3.05, 3.63) is 102 Å². The van der Waals surface area contributed by atoms with E-state index in [1.807, 2.05) is 6.07 Å². The summed E-state index contributed by atoms with van der Waals surface area (Å²) in [5, 5.41) is 3.58. The Morgan fingerprint density at radius 1 is 0.952 bits per heavy atom. The number of para-hydroxylation sites is 1. The first-order valence-electron chi connectivity index (χ1n) is 14.8. The Labute approximate surface area is 246 Å². The third-order valence-electron chi connectivity index (χ3n) is 9.37. The Bertz CT molecular complexity index is 1330. The highest BCUT2D eigenvalue weighted by molar-refractivity contribution is 5.88. The quantitative estimate of drug-likeness (QED) is 0.331. The molecule has 2 fully saturated rings. The number of rotatable bonds is 8. The number of halogens is 3. The number of alkyl halides is 3. The summed E-state index contributed by atoms with van der Waals surface area (Å²) in [6.45, 7) is 5.95. The summed E-state index contributed by atoms with van der Waals surface area (Å²) >= 11 is 0. The maximum Gasteiger partial charge on any atom is 0.430 e. The number of methoxy groups -OCH3 is 1. The van der Waals surface area contributed by atoms with Crippen LogP contribution < -0.4 is 10.2 Å². The summed E-state index contributed by atoms with van der Waals surface area (Å²) in [7, 11) is 0.971. The molecule has 0 aliphatic carbocycles. The molecule has 2 heterocycles. The van der Waals surface area contributed by atoms with E-state index in [4.69, 9.17) is 4.74 Å². The minimum atomic E-state index is -4.91. The van der Waals surface area contributed by atoms with Crippen LogP contribution in [0.1, 0.15) is 48.8 Å². The molecule has 0 unspecified atom stereocenters. The van der Waals surface area contributed by atoms with Crippen LogP contribution in [0.2, 0.25) is 0 Å². The minimum absolute atomic E-state index is 0.120. The van der Waals surface area contributed by atoms with Crippen LogP contribution in [0.3, 0.4) is 0 Å². The number of anilines is 1. The predicted octanol–water partition coefficient (Wildman–Crippen LogP) is 6.50. The first kappa shape index (κ1) is 30.1. The monoisotopic (exact) mass is 579 g/mol. The Morgan fingerprint density at radius 2 is 1.57 bits per heavy atom. The SMILES string of the molecule is CCN(Cc1ccccc1)c1ccccc1[C@@H]1CNCCC12CCN(C(=O)[C@](OC)(c1ccccc1)C(F)(F)F)CC2. The van der Waals surface area contributed by atoms with Crippen molar-refractivity contribution in [3.63, 3.8) is 0 Å². The molecule has 5 rings (SSSR count). The molecule has 3 aromatic carbocycles. The van der Waals surface area contributed by atoms with Gasteiger partial charge in [0.15, 0.2) is 0 Å². The number of carbonyl (C=O) groups is 1. The normalized spacial score (nSPS) is 20.2. The summed E-state index contributed by atoms with van der Waals surface area (Å²) in [4.78, 5) is 17.5. The van der Waals surface area contributed by atoms with Gasteiger partial charge < -0.3 is 19.9 Å². The molecular formula is C34H40F3N3O2. The second kappa shape index (κ2) is 12.5. The fourth-order valence-corrected chi connectivity index (χ4v) is 7.03. The zero-order chi connectivity index (χ0) is 29.8. The maximum absolute atomic E-state index is 14.6. The molecular weight excluding hydrogens is 539 g/mol. The molecule has 1 spiro atoms. The molecule has 3 aromatic rings. The molecule has 0 saturated carbocycles. The highest BCUT2D eigenvalue weighted by atomic mass is 19.4. The van der Waals surface area contributed by atoms with E-state index in [0.717, 1.165) is 39.7 Å². The standard InChI is InChI=1S/C34H40F3N3O2/c1-3-39(25-26-12-6-4-7-13-26)30-17-11-10-16-28(30)29-24-38-21-18-32(29)19-22-40(23-20-32)31(41)33(42-2,34(35,36)37)27-14-8-5-9-15-27/h4-17,29,38H,3,18-25H2,1-2H3/t29-,33+/m0/s1. The van der Waals surface area contributed by atoms with Crippen LogP contribution in [0.25, 0.3) is 0 Å².